The van der Waals surface area contributed by atoms with Gasteiger partial charge >= 0.3 is 0 Å². The van der Waals surface area contributed by atoms with Crippen molar-refractivity contribution in [2.45, 2.75) is 45.1 Å². The van der Waals surface area contributed by atoms with Crippen LogP contribution >= 0.6 is 0 Å². The standard InChI is InChI=1S/C23H28N6O/c1-16-14-29(15-25-16)19-9-8-18(12-21(19)30-2)26-23-24-13-17-6-5-7-20(22(17)27-23)28-10-3-4-11-28/h8-9,12-15,20H,3-7,10-11H2,1-2H3,(H,24,26,27). The summed E-state index contributed by atoms with van der Waals surface area (Å²) in [6, 6.07) is 6.45. The van der Waals surface area contributed by atoms with Gasteiger partial charge in [-0.3, -0.25) is 4.90 Å². The molecule has 30 heavy (non-hydrogen) atoms. The SMILES string of the molecule is COc1cc(Nc2ncc3c(n2)C(N2CCCC2)CCC3)ccc1-n1cnc(C)c1. The maximum absolute atomic E-state index is 5.63. The number of hydrogen-bond acceptors (Lipinski definition) is 6. The Morgan fingerprint density at radius 2 is 2.00 bits per heavy atom. The Kier molecular flexibility index (Phi) is 5.12. The molecule has 0 amide bonds. The van der Waals surface area contributed by atoms with Crippen LogP contribution < -0.4 is 10.1 Å². The molecule has 0 saturated carbocycles. The highest BCUT2D eigenvalue weighted by Gasteiger charge is 2.29. The molecule has 1 fully saturated rings. The summed E-state index contributed by atoms with van der Waals surface area (Å²) in [5.74, 6) is 1.42. The number of aryl methyl sites for hydroxylation is 2. The molecule has 0 spiro atoms. The van der Waals surface area contributed by atoms with Crippen molar-refractivity contribution >= 4 is 11.6 Å². The van der Waals surface area contributed by atoms with Gasteiger partial charge in [0.15, 0.2) is 0 Å². The molecule has 1 aromatic carbocycles. The third kappa shape index (κ3) is 3.65. The first kappa shape index (κ1) is 19.1. The third-order valence-electron chi connectivity index (χ3n) is 6.14. The second-order valence-corrected chi connectivity index (χ2v) is 8.19. The Hall–Kier alpha value is -2.93. The predicted molar refractivity (Wildman–Crippen MR) is 117 cm³/mol. The number of likely N-dealkylation sites (tertiary alicyclic amines) is 1. The van der Waals surface area contributed by atoms with Crippen LogP contribution in [0.4, 0.5) is 11.6 Å². The van der Waals surface area contributed by atoms with Crippen molar-refractivity contribution in [1.29, 1.82) is 0 Å². The summed E-state index contributed by atoms with van der Waals surface area (Å²) in [6.45, 7) is 4.34. The Labute approximate surface area is 177 Å². The van der Waals surface area contributed by atoms with E-state index < -0.39 is 0 Å². The lowest BCUT2D eigenvalue weighted by molar-refractivity contribution is 0.216. The third-order valence-corrected chi connectivity index (χ3v) is 6.14. The Morgan fingerprint density at radius 3 is 2.77 bits per heavy atom. The smallest absolute Gasteiger partial charge is 0.227 e. The second kappa shape index (κ2) is 8.07. The fourth-order valence-corrected chi connectivity index (χ4v) is 4.64. The Bertz CT molecular complexity index is 1040. The summed E-state index contributed by atoms with van der Waals surface area (Å²) in [5.41, 5.74) is 5.32. The molecule has 0 bridgehead atoms. The minimum absolute atomic E-state index is 0.432. The predicted octanol–water partition coefficient (Wildman–Crippen LogP) is 4.20. The molecule has 156 valence electrons. The maximum Gasteiger partial charge on any atom is 0.227 e. The topological polar surface area (TPSA) is 68.1 Å². The van der Waals surface area contributed by atoms with Gasteiger partial charge in [-0.2, -0.15) is 0 Å². The van der Waals surface area contributed by atoms with Crippen LogP contribution in [0.25, 0.3) is 5.69 Å². The molecule has 1 saturated heterocycles. The summed E-state index contributed by atoms with van der Waals surface area (Å²) in [4.78, 5) is 16.4. The minimum atomic E-state index is 0.432. The molecular weight excluding hydrogens is 376 g/mol. The average molecular weight is 405 g/mol. The van der Waals surface area contributed by atoms with Gasteiger partial charge in [0.25, 0.3) is 0 Å². The summed E-state index contributed by atoms with van der Waals surface area (Å²) in [7, 11) is 1.68. The molecule has 2 aliphatic rings. The van der Waals surface area contributed by atoms with Crippen molar-refractivity contribution in [3.63, 3.8) is 0 Å². The summed E-state index contributed by atoms with van der Waals surface area (Å²) in [6.07, 6.45) is 11.9. The molecule has 7 heteroatoms. The number of anilines is 2. The number of benzene rings is 1. The van der Waals surface area contributed by atoms with Crippen molar-refractivity contribution < 1.29 is 4.74 Å². The van der Waals surface area contributed by atoms with Gasteiger partial charge in [0.1, 0.15) is 5.75 Å². The number of rotatable bonds is 5. The molecule has 1 unspecified atom stereocenters. The quantitative estimate of drug-likeness (QED) is 0.688. The molecule has 1 aliphatic heterocycles. The number of hydrogen-bond donors (Lipinski definition) is 1. The molecule has 3 aromatic rings. The molecule has 1 N–H and O–H groups in total. The zero-order valence-corrected chi connectivity index (χ0v) is 17.6. The van der Waals surface area contributed by atoms with Gasteiger partial charge in [-0.25, -0.2) is 15.0 Å². The van der Waals surface area contributed by atoms with Gasteiger partial charge in [0.05, 0.1) is 36.6 Å². The van der Waals surface area contributed by atoms with E-state index in [2.05, 4.69) is 20.2 Å². The van der Waals surface area contributed by atoms with E-state index in [4.69, 9.17) is 9.72 Å². The van der Waals surface area contributed by atoms with E-state index in [0.717, 1.165) is 29.2 Å². The molecule has 3 heterocycles. The summed E-state index contributed by atoms with van der Waals surface area (Å²) in [5, 5.41) is 3.38. The highest BCUT2D eigenvalue weighted by atomic mass is 16.5. The second-order valence-electron chi connectivity index (χ2n) is 8.19. The van der Waals surface area contributed by atoms with Gasteiger partial charge in [-0.1, -0.05) is 0 Å². The van der Waals surface area contributed by atoms with E-state index in [0.29, 0.717) is 12.0 Å². The minimum Gasteiger partial charge on any atom is -0.494 e. The van der Waals surface area contributed by atoms with Gasteiger partial charge in [0.2, 0.25) is 5.95 Å². The van der Waals surface area contributed by atoms with Crippen molar-refractivity contribution in [2.24, 2.45) is 0 Å². The average Bonchev–Trinajstić information content (AvgIpc) is 3.45. The van der Waals surface area contributed by atoms with Crippen molar-refractivity contribution in [3.8, 4) is 11.4 Å². The summed E-state index contributed by atoms with van der Waals surface area (Å²) < 4.78 is 7.59. The normalized spacial score (nSPS) is 18.9. The maximum atomic E-state index is 5.63. The number of aromatic nitrogens is 4. The van der Waals surface area contributed by atoms with E-state index in [-0.39, 0.29) is 0 Å². The first-order valence-corrected chi connectivity index (χ1v) is 10.8. The van der Waals surface area contributed by atoms with E-state index in [1.165, 1.54) is 50.0 Å². The number of nitrogens with zero attached hydrogens (tertiary/aromatic N) is 5. The monoisotopic (exact) mass is 404 g/mol. The lowest BCUT2D eigenvalue weighted by atomic mass is 9.92. The molecular formula is C23H28N6O. The van der Waals surface area contributed by atoms with Crippen LogP contribution in [0.3, 0.4) is 0 Å². The first-order valence-electron chi connectivity index (χ1n) is 10.8. The van der Waals surface area contributed by atoms with Gasteiger partial charge in [-0.15, -0.1) is 0 Å². The van der Waals surface area contributed by atoms with E-state index >= 15 is 0 Å². The van der Waals surface area contributed by atoms with E-state index in [1.54, 1.807) is 13.4 Å². The highest BCUT2D eigenvalue weighted by molar-refractivity contribution is 5.62. The van der Waals surface area contributed by atoms with Gasteiger partial charge in [-0.05, 0) is 69.8 Å². The van der Waals surface area contributed by atoms with Crippen LogP contribution in [-0.4, -0.2) is 44.6 Å². The number of imidazole rings is 1. The van der Waals surface area contributed by atoms with Crippen LogP contribution in [0.1, 0.15) is 48.7 Å². The summed E-state index contributed by atoms with van der Waals surface area (Å²) >= 11 is 0. The first-order chi connectivity index (χ1) is 14.7. The van der Waals surface area contributed by atoms with Gasteiger partial charge in [0, 0.05) is 24.1 Å². The molecule has 1 atom stereocenters. The molecule has 1 aliphatic carbocycles. The lowest BCUT2D eigenvalue weighted by Gasteiger charge is -2.32. The zero-order chi connectivity index (χ0) is 20.5. The molecule has 7 nitrogen and oxygen atoms in total. The molecule has 5 rings (SSSR count). The van der Waals surface area contributed by atoms with Crippen LogP contribution in [-0.2, 0) is 6.42 Å². The fraction of sp³-hybridized carbons (Fsp3) is 0.435. The zero-order valence-electron chi connectivity index (χ0n) is 17.6. The number of fused-ring (bicyclic) bond motifs is 1. The van der Waals surface area contributed by atoms with Crippen molar-refractivity contribution in [1.82, 2.24) is 24.4 Å². The van der Waals surface area contributed by atoms with Crippen LogP contribution in [0.2, 0.25) is 0 Å². The van der Waals surface area contributed by atoms with E-state index in [9.17, 15) is 0 Å². The van der Waals surface area contributed by atoms with Crippen molar-refractivity contribution in [2.75, 3.05) is 25.5 Å². The molecule has 0 radical (unpaired) electrons. The number of methoxy groups -OCH3 is 1. The largest absolute Gasteiger partial charge is 0.494 e. The number of ether oxygens (including phenoxy) is 1. The fourth-order valence-electron chi connectivity index (χ4n) is 4.64. The Morgan fingerprint density at radius 1 is 1.13 bits per heavy atom. The Balaban J connectivity index is 1.41. The lowest BCUT2D eigenvalue weighted by Crippen LogP contribution is -2.30. The van der Waals surface area contributed by atoms with Crippen LogP contribution in [0.5, 0.6) is 5.75 Å². The molecule has 2 aromatic heterocycles. The number of nitrogens with one attached hydrogen (secondary N) is 1. The highest BCUT2D eigenvalue weighted by Crippen LogP contribution is 2.35. The van der Waals surface area contributed by atoms with Crippen LogP contribution in [0.15, 0.2) is 36.9 Å². The van der Waals surface area contributed by atoms with Crippen molar-refractivity contribution in [3.05, 3.63) is 53.9 Å². The van der Waals surface area contributed by atoms with E-state index in [1.807, 2.05) is 42.1 Å². The van der Waals surface area contributed by atoms with Crippen LogP contribution in [0, 0.1) is 6.92 Å². The van der Waals surface area contributed by atoms with Gasteiger partial charge < -0.3 is 14.6 Å².